The second kappa shape index (κ2) is 16.1. The lowest BCUT2D eigenvalue weighted by Gasteiger charge is -2.14. The van der Waals surface area contributed by atoms with E-state index in [4.69, 9.17) is 0 Å². The first-order valence-electron chi connectivity index (χ1n) is 13.4. The summed E-state index contributed by atoms with van der Waals surface area (Å²) in [4.78, 5) is 0. The van der Waals surface area contributed by atoms with E-state index in [1.165, 1.54) is 102 Å². The molecule has 0 aliphatic heterocycles. The molecule has 1 heterocycles. The van der Waals surface area contributed by atoms with Crippen molar-refractivity contribution in [2.45, 2.75) is 129 Å². The van der Waals surface area contributed by atoms with Crippen LogP contribution in [0.2, 0.25) is 0 Å². The number of hydrogen-bond acceptors (Lipinski definition) is 0. The largest absolute Gasteiger partial charge is 0.244 e. The van der Waals surface area contributed by atoms with Gasteiger partial charge in [0.05, 0.1) is 6.04 Å². The molecule has 1 aromatic carbocycles. The molecule has 0 saturated carbocycles. The summed E-state index contributed by atoms with van der Waals surface area (Å²) in [5.74, 6) is 0. The SMILES string of the molecule is CCCCCCCCCCCCCCCC[C@@H](c1ccccc1)[n+]1ccn(C(C)C)c1. The zero-order valence-corrected chi connectivity index (χ0v) is 20.8. The molecule has 31 heavy (non-hydrogen) atoms. The number of hydrogen-bond donors (Lipinski definition) is 0. The molecular weight excluding hydrogens is 376 g/mol. The molecule has 0 radical (unpaired) electrons. The Bertz CT molecular complexity index is 658. The van der Waals surface area contributed by atoms with E-state index >= 15 is 0 Å². The van der Waals surface area contributed by atoms with Crippen LogP contribution in [-0.4, -0.2) is 4.57 Å². The fourth-order valence-electron chi connectivity index (χ4n) is 4.57. The van der Waals surface area contributed by atoms with Crippen LogP contribution in [0.15, 0.2) is 49.1 Å². The smallest absolute Gasteiger partial charge is 0.235 e. The monoisotopic (exact) mass is 425 g/mol. The fourth-order valence-corrected chi connectivity index (χ4v) is 4.57. The van der Waals surface area contributed by atoms with Crippen LogP contribution in [0, 0.1) is 0 Å². The Morgan fingerprint density at radius 2 is 1.23 bits per heavy atom. The average molecular weight is 426 g/mol. The van der Waals surface area contributed by atoms with Gasteiger partial charge in [0.15, 0.2) is 0 Å². The van der Waals surface area contributed by atoms with Gasteiger partial charge in [-0.3, -0.25) is 0 Å². The summed E-state index contributed by atoms with van der Waals surface area (Å²) >= 11 is 0. The van der Waals surface area contributed by atoms with Gasteiger partial charge in [-0.15, -0.1) is 0 Å². The van der Waals surface area contributed by atoms with Crippen LogP contribution in [0.4, 0.5) is 0 Å². The minimum atomic E-state index is 0.457. The first-order valence-corrected chi connectivity index (χ1v) is 13.4. The molecule has 1 aromatic heterocycles. The summed E-state index contributed by atoms with van der Waals surface area (Å²) in [7, 11) is 0. The number of nitrogens with zero attached hydrogens (tertiary/aromatic N) is 2. The second-order valence-corrected chi connectivity index (χ2v) is 9.71. The van der Waals surface area contributed by atoms with Crippen LogP contribution >= 0.6 is 0 Å². The molecule has 2 nitrogen and oxygen atoms in total. The van der Waals surface area contributed by atoms with Crippen molar-refractivity contribution in [3.63, 3.8) is 0 Å². The number of benzene rings is 1. The lowest BCUT2D eigenvalue weighted by Crippen LogP contribution is -2.38. The summed E-state index contributed by atoms with van der Waals surface area (Å²) in [6, 6.07) is 12.0. The van der Waals surface area contributed by atoms with Gasteiger partial charge >= 0.3 is 0 Å². The molecule has 2 aromatic rings. The van der Waals surface area contributed by atoms with E-state index in [1.54, 1.807) is 0 Å². The Hall–Kier alpha value is -1.57. The molecule has 0 fully saturated rings. The Morgan fingerprint density at radius 3 is 1.71 bits per heavy atom. The van der Waals surface area contributed by atoms with Gasteiger partial charge in [0.2, 0.25) is 6.33 Å². The molecule has 0 amide bonds. The molecule has 0 saturated heterocycles. The van der Waals surface area contributed by atoms with Gasteiger partial charge < -0.3 is 0 Å². The average Bonchev–Trinajstić information content (AvgIpc) is 3.27. The molecule has 0 aliphatic carbocycles. The maximum atomic E-state index is 2.41. The summed E-state index contributed by atoms with van der Waals surface area (Å²) in [6.07, 6.45) is 27.9. The van der Waals surface area contributed by atoms with Crippen molar-refractivity contribution >= 4 is 0 Å². The lowest BCUT2D eigenvalue weighted by atomic mass is 9.99. The third kappa shape index (κ3) is 10.5. The molecule has 0 unspecified atom stereocenters. The highest BCUT2D eigenvalue weighted by Crippen LogP contribution is 2.21. The van der Waals surface area contributed by atoms with Crippen LogP contribution in [0.5, 0.6) is 0 Å². The van der Waals surface area contributed by atoms with Crippen molar-refractivity contribution in [3.8, 4) is 0 Å². The first kappa shape index (κ1) is 25.7. The summed E-state index contributed by atoms with van der Waals surface area (Å²) in [5.41, 5.74) is 1.43. The van der Waals surface area contributed by atoms with Gasteiger partial charge in [-0.25, -0.2) is 9.13 Å². The standard InChI is InChI=1S/C29H49N2/c1-4-5-6-7-8-9-10-11-12-13-14-15-16-20-23-29(28-21-18-17-19-22-28)31-25-24-30(26-31)27(2)3/h17-19,21-22,24-27,29H,4-16,20,23H2,1-3H3/q+1/t29-/m0/s1. The van der Waals surface area contributed by atoms with Crippen LogP contribution in [0.1, 0.15) is 135 Å². The van der Waals surface area contributed by atoms with Gasteiger partial charge in [-0.05, 0) is 32.3 Å². The molecule has 2 heteroatoms. The first-order chi connectivity index (χ1) is 15.2. The molecule has 1 atom stereocenters. The summed E-state index contributed by atoms with van der Waals surface area (Å²) < 4.78 is 4.72. The van der Waals surface area contributed by atoms with Crippen molar-refractivity contribution in [2.24, 2.45) is 0 Å². The van der Waals surface area contributed by atoms with E-state index < -0.39 is 0 Å². The number of imidazole rings is 1. The molecule has 0 aliphatic rings. The quantitative estimate of drug-likeness (QED) is 0.167. The summed E-state index contributed by atoms with van der Waals surface area (Å²) in [6.45, 7) is 6.79. The third-order valence-electron chi connectivity index (χ3n) is 6.65. The Kier molecular flexibility index (Phi) is 13.4. The maximum absolute atomic E-state index is 2.41. The van der Waals surface area contributed by atoms with Gasteiger partial charge in [-0.1, -0.05) is 121 Å². The highest BCUT2D eigenvalue weighted by Gasteiger charge is 2.19. The van der Waals surface area contributed by atoms with Crippen molar-refractivity contribution in [3.05, 3.63) is 54.6 Å². The highest BCUT2D eigenvalue weighted by atomic mass is 15.1. The van der Waals surface area contributed by atoms with Gasteiger partial charge in [0.1, 0.15) is 18.4 Å². The summed E-state index contributed by atoms with van der Waals surface area (Å²) in [5, 5.41) is 0. The van der Waals surface area contributed by atoms with E-state index in [0.29, 0.717) is 12.1 Å². The fraction of sp³-hybridized carbons (Fsp3) is 0.690. The molecule has 2 rings (SSSR count). The van der Waals surface area contributed by atoms with Crippen LogP contribution < -0.4 is 4.57 Å². The molecule has 0 spiro atoms. The van der Waals surface area contributed by atoms with Gasteiger partial charge in [-0.2, -0.15) is 0 Å². The second-order valence-electron chi connectivity index (χ2n) is 9.71. The molecule has 0 N–H and O–H groups in total. The van der Waals surface area contributed by atoms with E-state index in [-0.39, 0.29) is 0 Å². The minimum Gasteiger partial charge on any atom is -0.235 e. The van der Waals surface area contributed by atoms with E-state index in [1.807, 2.05) is 0 Å². The maximum Gasteiger partial charge on any atom is 0.244 e. The van der Waals surface area contributed by atoms with Crippen molar-refractivity contribution in [1.82, 2.24) is 4.57 Å². The zero-order chi connectivity index (χ0) is 22.2. The van der Waals surface area contributed by atoms with Gasteiger partial charge in [0.25, 0.3) is 0 Å². The molecular formula is C29H49N2+. The normalized spacial score (nSPS) is 12.5. The van der Waals surface area contributed by atoms with Gasteiger partial charge in [0, 0.05) is 0 Å². The molecule has 174 valence electrons. The van der Waals surface area contributed by atoms with Crippen molar-refractivity contribution in [2.75, 3.05) is 0 Å². The van der Waals surface area contributed by atoms with E-state index in [0.717, 1.165) is 0 Å². The predicted molar refractivity (Wildman–Crippen MR) is 135 cm³/mol. The number of aromatic nitrogens is 2. The predicted octanol–water partition coefficient (Wildman–Crippen LogP) is 8.82. The van der Waals surface area contributed by atoms with Crippen LogP contribution in [0.25, 0.3) is 0 Å². The van der Waals surface area contributed by atoms with E-state index in [2.05, 4.69) is 79.0 Å². The van der Waals surface area contributed by atoms with Crippen molar-refractivity contribution in [1.29, 1.82) is 0 Å². The Labute approximate surface area is 193 Å². The minimum absolute atomic E-state index is 0.457. The number of unbranched alkanes of at least 4 members (excludes halogenated alkanes) is 13. The molecule has 0 bridgehead atoms. The van der Waals surface area contributed by atoms with E-state index in [9.17, 15) is 0 Å². The number of rotatable bonds is 18. The third-order valence-corrected chi connectivity index (χ3v) is 6.65. The highest BCUT2D eigenvalue weighted by molar-refractivity contribution is 5.17. The lowest BCUT2D eigenvalue weighted by molar-refractivity contribution is -0.714. The zero-order valence-electron chi connectivity index (χ0n) is 20.8. The topological polar surface area (TPSA) is 8.81 Å². The van der Waals surface area contributed by atoms with Crippen LogP contribution in [-0.2, 0) is 0 Å². The Morgan fingerprint density at radius 1 is 0.710 bits per heavy atom. The van der Waals surface area contributed by atoms with Crippen LogP contribution in [0.3, 0.4) is 0 Å². The van der Waals surface area contributed by atoms with Crippen molar-refractivity contribution < 1.29 is 4.57 Å². The Balaban J connectivity index is 1.59.